The van der Waals surface area contributed by atoms with Gasteiger partial charge in [0.2, 0.25) is 5.91 Å². The van der Waals surface area contributed by atoms with Gasteiger partial charge in [0.25, 0.3) is 0 Å². The smallest absolute Gasteiger partial charge is 0.246 e. The Morgan fingerprint density at radius 3 is 2.50 bits per heavy atom. The van der Waals surface area contributed by atoms with E-state index in [2.05, 4.69) is 55.0 Å². The molecule has 2 heterocycles. The summed E-state index contributed by atoms with van der Waals surface area (Å²) in [7, 11) is 0. The van der Waals surface area contributed by atoms with Crippen LogP contribution in [0.2, 0.25) is 5.15 Å². The van der Waals surface area contributed by atoms with Gasteiger partial charge in [-0.05, 0) is 37.5 Å². The lowest BCUT2D eigenvalue weighted by atomic mass is 10.1. The van der Waals surface area contributed by atoms with Crippen LogP contribution in [0.15, 0.2) is 30.3 Å². The van der Waals surface area contributed by atoms with E-state index in [9.17, 15) is 4.79 Å². The van der Waals surface area contributed by atoms with Crippen molar-refractivity contribution in [3.63, 3.8) is 0 Å². The van der Waals surface area contributed by atoms with Crippen LogP contribution >= 0.6 is 11.6 Å². The summed E-state index contributed by atoms with van der Waals surface area (Å²) < 4.78 is 1.81. The Kier molecular flexibility index (Phi) is 6.45. The van der Waals surface area contributed by atoms with E-state index < -0.39 is 0 Å². The van der Waals surface area contributed by atoms with E-state index in [-0.39, 0.29) is 5.91 Å². The molecule has 28 heavy (non-hydrogen) atoms. The third-order valence-electron chi connectivity index (χ3n) is 5.09. The summed E-state index contributed by atoms with van der Waals surface area (Å²) in [5.74, 6) is 0.483. The van der Waals surface area contributed by atoms with E-state index in [0.29, 0.717) is 11.1 Å². The summed E-state index contributed by atoms with van der Waals surface area (Å²) in [6, 6.07) is 8.39. The van der Waals surface area contributed by atoms with Crippen LogP contribution in [0.3, 0.4) is 0 Å². The van der Waals surface area contributed by atoms with Gasteiger partial charge in [-0.25, -0.2) is 0 Å². The zero-order valence-electron chi connectivity index (χ0n) is 17.2. The summed E-state index contributed by atoms with van der Waals surface area (Å²) >= 11 is 6.46. The van der Waals surface area contributed by atoms with Gasteiger partial charge in [0.1, 0.15) is 5.15 Å². The minimum Gasteiger partial charge on any atom is -0.368 e. The number of carbonyl (C=O) groups is 1. The van der Waals surface area contributed by atoms with Crippen LogP contribution in [0.25, 0.3) is 6.08 Å². The third kappa shape index (κ3) is 4.58. The lowest BCUT2D eigenvalue weighted by Gasteiger charge is -2.36. The van der Waals surface area contributed by atoms with Gasteiger partial charge < -0.3 is 9.80 Å². The van der Waals surface area contributed by atoms with Crippen LogP contribution in [0.4, 0.5) is 5.69 Å². The van der Waals surface area contributed by atoms with E-state index in [1.54, 1.807) is 12.2 Å². The topological polar surface area (TPSA) is 41.4 Å². The largest absolute Gasteiger partial charge is 0.368 e. The first-order valence-corrected chi connectivity index (χ1v) is 10.2. The molecule has 1 amide bonds. The van der Waals surface area contributed by atoms with Crippen molar-refractivity contribution in [2.75, 3.05) is 31.1 Å². The molecule has 1 aliphatic rings. The number of halogens is 1. The molecule has 5 nitrogen and oxygen atoms in total. The number of piperazine rings is 1. The number of hydrogen-bond donors (Lipinski definition) is 0. The van der Waals surface area contributed by atoms with Gasteiger partial charge in [0.15, 0.2) is 0 Å². The maximum absolute atomic E-state index is 12.6. The molecule has 0 atom stereocenters. The number of hydrogen-bond acceptors (Lipinski definition) is 3. The van der Waals surface area contributed by atoms with Crippen molar-refractivity contribution in [3.8, 4) is 0 Å². The van der Waals surface area contributed by atoms with E-state index >= 15 is 0 Å². The second kappa shape index (κ2) is 8.82. The van der Waals surface area contributed by atoms with Crippen molar-refractivity contribution in [1.82, 2.24) is 14.7 Å². The fourth-order valence-electron chi connectivity index (χ4n) is 3.57. The highest BCUT2D eigenvalue weighted by Crippen LogP contribution is 2.23. The van der Waals surface area contributed by atoms with Crippen molar-refractivity contribution in [3.05, 3.63) is 52.3 Å². The zero-order chi connectivity index (χ0) is 20.3. The van der Waals surface area contributed by atoms with Gasteiger partial charge in [-0.3, -0.25) is 9.48 Å². The molecule has 1 fully saturated rings. The van der Waals surface area contributed by atoms with Crippen molar-refractivity contribution >= 4 is 29.3 Å². The fourth-order valence-corrected chi connectivity index (χ4v) is 3.88. The predicted octanol–water partition coefficient (Wildman–Crippen LogP) is 4.17. The highest BCUT2D eigenvalue weighted by atomic mass is 35.5. The molecule has 0 saturated carbocycles. The number of amides is 1. The normalized spacial score (nSPS) is 15.1. The first-order chi connectivity index (χ1) is 13.4. The summed E-state index contributed by atoms with van der Waals surface area (Å²) in [4.78, 5) is 16.9. The molecule has 3 rings (SSSR count). The second-order valence-corrected chi connectivity index (χ2v) is 8.16. The molecule has 0 N–H and O–H groups in total. The molecule has 0 bridgehead atoms. The number of carbonyl (C=O) groups excluding carboxylic acids is 1. The van der Waals surface area contributed by atoms with Gasteiger partial charge in [0.05, 0.1) is 5.69 Å². The van der Waals surface area contributed by atoms with Crippen molar-refractivity contribution < 1.29 is 4.79 Å². The lowest BCUT2D eigenvalue weighted by molar-refractivity contribution is -0.126. The monoisotopic (exact) mass is 400 g/mol. The number of rotatable bonds is 5. The lowest BCUT2D eigenvalue weighted by Crippen LogP contribution is -2.48. The summed E-state index contributed by atoms with van der Waals surface area (Å²) in [5, 5.41) is 5.09. The van der Waals surface area contributed by atoms with Crippen LogP contribution in [-0.2, 0) is 11.3 Å². The maximum Gasteiger partial charge on any atom is 0.246 e. The molecular formula is C22H29ClN4O. The molecule has 1 aliphatic heterocycles. The van der Waals surface area contributed by atoms with Crippen LogP contribution < -0.4 is 4.90 Å². The van der Waals surface area contributed by atoms with Crippen LogP contribution in [0.1, 0.15) is 30.7 Å². The standard InChI is InChI=1S/C22H29ClN4O/c1-16(2)15-27-22(23)19(18(4)24-27)9-10-21(28)26-13-11-25(12-14-26)20-8-6-5-7-17(20)3/h5-10,16H,11-15H2,1-4H3/b10-9+. The van der Waals surface area contributed by atoms with Crippen molar-refractivity contribution in [2.24, 2.45) is 5.92 Å². The minimum atomic E-state index is 0.0245. The van der Waals surface area contributed by atoms with Gasteiger partial charge >= 0.3 is 0 Å². The average molecular weight is 401 g/mol. The Bertz CT molecular complexity index is 863. The molecule has 0 spiro atoms. The van der Waals surface area contributed by atoms with Gasteiger partial charge in [0, 0.05) is 50.1 Å². The van der Waals surface area contributed by atoms with Gasteiger partial charge in [-0.15, -0.1) is 0 Å². The molecule has 0 aliphatic carbocycles. The van der Waals surface area contributed by atoms with Crippen LogP contribution in [0.5, 0.6) is 0 Å². The quantitative estimate of drug-likeness (QED) is 0.707. The number of aromatic nitrogens is 2. The first kappa shape index (κ1) is 20.5. The molecule has 6 heteroatoms. The molecular weight excluding hydrogens is 372 g/mol. The molecule has 2 aromatic rings. The summed E-state index contributed by atoms with van der Waals surface area (Å²) in [6.45, 7) is 12.2. The van der Waals surface area contributed by atoms with Crippen LogP contribution in [0, 0.1) is 19.8 Å². The summed E-state index contributed by atoms with van der Waals surface area (Å²) in [6.07, 6.45) is 3.43. The number of para-hydroxylation sites is 1. The van der Waals surface area contributed by atoms with Gasteiger partial charge in [-0.1, -0.05) is 43.6 Å². The molecule has 150 valence electrons. The Morgan fingerprint density at radius 1 is 1.18 bits per heavy atom. The number of aryl methyl sites for hydroxylation is 2. The van der Waals surface area contributed by atoms with Gasteiger partial charge in [-0.2, -0.15) is 5.10 Å². The molecule has 1 aromatic carbocycles. The highest BCUT2D eigenvalue weighted by molar-refractivity contribution is 6.31. The summed E-state index contributed by atoms with van der Waals surface area (Å²) in [5.41, 5.74) is 4.20. The minimum absolute atomic E-state index is 0.0245. The van der Waals surface area contributed by atoms with Crippen molar-refractivity contribution in [2.45, 2.75) is 34.2 Å². The molecule has 0 unspecified atom stereocenters. The van der Waals surface area contributed by atoms with E-state index in [4.69, 9.17) is 11.6 Å². The highest BCUT2D eigenvalue weighted by Gasteiger charge is 2.21. The van der Waals surface area contributed by atoms with Crippen molar-refractivity contribution in [1.29, 1.82) is 0 Å². The Hall–Kier alpha value is -2.27. The van der Waals surface area contributed by atoms with Crippen LogP contribution in [-0.4, -0.2) is 46.8 Å². The molecule has 1 saturated heterocycles. The fraction of sp³-hybridized carbons (Fsp3) is 0.455. The average Bonchev–Trinajstić information content (AvgIpc) is 2.93. The van der Waals surface area contributed by atoms with E-state index in [1.807, 2.05) is 16.5 Å². The number of nitrogens with zero attached hydrogens (tertiary/aromatic N) is 4. The SMILES string of the molecule is Cc1ccccc1N1CCN(C(=O)/C=C/c2c(C)nn(CC(C)C)c2Cl)CC1. The Morgan fingerprint density at radius 2 is 1.86 bits per heavy atom. The predicted molar refractivity (Wildman–Crippen MR) is 116 cm³/mol. The Labute approximate surface area is 172 Å². The van der Waals surface area contributed by atoms with E-state index in [1.165, 1.54) is 11.3 Å². The second-order valence-electron chi connectivity index (χ2n) is 7.80. The molecule has 1 aromatic heterocycles. The number of anilines is 1. The third-order valence-corrected chi connectivity index (χ3v) is 5.49. The number of benzene rings is 1. The Balaban J connectivity index is 1.62. The maximum atomic E-state index is 12.6. The first-order valence-electron chi connectivity index (χ1n) is 9.87. The zero-order valence-corrected chi connectivity index (χ0v) is 17.9. The molecule has 0 radical (unpaired) electrons. The van der Waals surface area contributed by atoms with E-state index in [0.717, 1.165) is 44.0 Å².